The van der Waals surface area contributed by atoms with Gasteiger partial charge in [0.1, 0.15) is 15.7 Å². The van der Waals surface area contributed by atoms with Gasteiger partial charge in [-0.3, -0.25) is 4.31 Å². The van der Waals surface area contributed by atoms with Gasteiger partial charge in [-0.05, 0) is 12.1 Å². The summed E-state index contributed by atoms with van der Waals surface area (Å²) in [6.07, 6.45) is 2.97. The van der Waals surface area contributed by atoms with Crippen LogP contribution in [0.5, 0.6) is 0 Å². The Labute approximate surface area is 86.1 Å². The van der Waals surface area contributed by atoms with Crippen LogP contribution in [0.25, 0.3) is 0 Å². The molecule has 0 fully saturated rings. The molecule has 80 valence electrons. The summed E-state index contributed by atoms with van der Waals surface area (Å²) >= 11 is 0. The van der Waals surface area contributed by atoms with Crippen LogP contribution in [-0.2, 0) is 9.92 Å². The van der Waals surface area contributed by atoms with Crippen molar-refractivity contribution in [3.63, 3.8) is 0 Å². The molecule has 0 bridgehead atoms. The van der Waals surface area contributed by atoms with Crippen LogP contribution in [0.1, 0.15) is 13.8 Å². The fourth-order valence-corrected chi connectivity index (χ4v) is 1.18. The molecule has 0 amide bonds. The van der Waals surface area contributed by atoms with E-state index < -0.39 is 9.92 Å². The van der Waals surface area contributed by atoms with Gasteiger partial charge in [0.2, 0.25) is 0 Å². The summed E-state index contributed by atoms with van der Waals surface area (Å²) in [6.45, 7) is 4.00. The number of nitrogens with one attached hydrogen (secondary N) is 1. The van der Waals surface area contributed by atoms with Crippen molar-refractivity contribution in [2.24, 2.45) is 0 Å². The van der Waals surface area contributed by atoms with Gasteiger partial charge < -0.3 is 0 Å². The molecule has 1 aromatic rings. The molecule has 0 saturated carbocycles. The first-order chi connectivity index (χ1) is 6.52. The molecule has 14 heavy (non-hydrogen) atoms. The van der Waals surface area contributed by atoms with Crippen LogP contribution in [-0.4, -0.2) is 22.5 Å². The number of rotatable bonds is 2. The van der Waals surface area contributed by atoms with Crippen molar-refractivity contribution in [3.8, 4) is 0 Å². The summed E-state index contributed by atoms with van der Waals surface area (Å²) in [7, 11) is -1.09. The van der Waals surface area contributed by atoms with Crippen LogP contribution in [0.15, 0.2) is 24.4 Å². The van der Waals surface area contributed by atoms with Gasteiger partial charge in [0.15, 0.2) is 0 Å². The molecule has 1 unspecified atom stereocenters. The molecule has 0 radical (unpaired) electrons. The van der Waals surface area contributed by atoms with Crippen LogP contribution in [0, 0.1) is 4.78 Å². The SMILES string of the molecule is CC.CN(c1ccccn1)S(C)(=N)=O. The summed E-state index contributed by atoms with van der Waals surface area (Å²) in [5.41, 5.74) is 0. The van der Waals surface area contributed by atoms with E-state index in [1.54, 1.807) is 31.4 Å². The lowest BCUT2D eigenvalue weighted by atomic mass is 10.5. The normalized spacial score (nSPS) is 13.4. The van der Waals surface area contributed by atoms with E-state index >= 15 is 0 Å². The van der Waals surface area contributed by atoms with Crippen LogP contribution in [0.3, 0.4) is 0 Å². The zero-order valence-corrected chi connectivity index (χ0v) is 9.84. The van der Waals surface area contributed by atoms with E-state index in [-0.39, 0.29) is 0 Å². The second kappa shape index (κ2) is 5.59. The molecule has 0 aliphatic carbocycles. The van der Waals surface area contributed by atoms with Crippen molar-refractivity contribution in [2.75, 3.05) is 17.6 Å². The zero-order valence-electron chi connectivity index (χ0n) is 9.02. The van der Waals surface area contributed by atoms with Gasteiger partial charge in [-0.1, -0.05) is 19.9 Å². The number of hydrogen-bond donors (Lipinski definition) is 1. The lowest BCUT2D eigenvalue weighted by Crippen LogP contribution is -2.24. The third-order valence-corrected chi connectivity index (χ3v) is 2.73. The number of nitrogens with zero attached hydrogens (tertiary/aromatic N) is 2. The lowest BCUT2D eigenvalue weighted by molar-refractivity contribution is 0.677. The summed E-state index contributed by atoms with van der Waals surface area (Å²) in [5.74, 6) is 0.556. The van der Waals surface area contributed by atoms with Gasteiger partial charge >= 0.3 is 0 Å². The summed E-state index contributed by atoms with van der Waals surface area (Å²) in [6, 6.07) is 5.29. The molecule has 0 saturated heterocycles. The molecule has 0 aliphatic heterocycles. The maximum absolute atomic E-state index is 11.2. The molecule has 0 spiro atoms. The molecule has 0 aliphatic rings. The standard InChI is InChI=1S/C7H11N3OS.C2H6/c1-10(12(2,8)11)7-5-3-4-6-9-7;1-2/h3-6,8H,1-2H3;1-2H3. The highest BCUT2D eigenvalue weighted by Crippen LogP contribution is 2.09. The smallest absolute Gasteiger partial charge is 0.140 e. The van der Waals surface area contributed by atoms with E-state index in [9.17, 15) is 4.21 Å². The third-order valence-electron chi connectivity index (χ3n) is 1.49. The maximum Gasteiger partial charge on any atom is 0.140 e. The Morgan fingerprint density at radius 3 is 2.36 bits per heavy atom. The predicted molar refractivity (Wildman–Crippen MR) is 60.8 cm³/mol. The summed E-state index contributed by atoms with van der Waals surface area (Å²) < 4.78 is 19.9. The van der Waals surface area contributed by atoms with Crippen LogP contribution < -0.4 is 4.31 Å². The largest absolute Gasteiger partial charge is 0.273 e. The monoisotopic (exact) mass is 215 g/mol. The first-order valence-corrected chi connectivity index (χ1v) is 6.33. The van der Waals surface area contributed by atoms with Crippen LogP contribution in [0.4, 0.5) is 5.82 Å². The average molecular weight is 215 g/mol. The maximum atomic E-state index is 11.2. The highest BCUT2D eigenvalue weighted by Gasteiger charge is 2.07. The zero-order chi connectivity index (χ0) is 11.2. The van der Waals surface area contributed by atoms with E-state index in [0.717, 1.165) is 0 Å². The highest BCUT2D eigenvalue weighted by atomic mass is 32.2. The molecule has 0 aromatic carbocycles. The van der Waals surface area contributed by atoms with Crippen LogP contribution >= 0.6 is 0 Å². The molecule has 5 heteroatoms. The van der Waals surface area contributed by atoms with E-state index in [1.807, 2.05) is 13.8 Å². The Morgan fingerprint density at radius 2 is 2.00 bits per heavy atom. The highest BCUT2D eigenvalue weighted by molar-refractivity contribution is 7.93. The second-order valence-electron chi connectivity index (χ2n) is 2.49. The number of anilines is 1. The van der Waals surface area contributed by atoms with E-state index in [1.165, 1.54) is 10.6 Å². The minimum absolute atomic E-state index is 0.556. The Morgan fingerprint density at radius 1 is 1.43 bits per heavy atom. The summed E-state index contributed by atoms with van der Waals surface area (Å²) in [4.78, 5) is 3.97. The Bertz CT molecular complexity index is 348. The molecule has 4 nitrogen and oxygen atoms in total. The minimum atomic E-state index is -2.69. The minimum Gasteiger partial charge on any atom is -0.273 e. The van der Waals surface area contributed by atoms with Gasteiger partial charge in [-0.25, -0.2) is 14.0 Å². The molecule has 1 N–H and O–H groups in total. The van der Waals surface area contributed by atoms with Gasteiger partial charge in [-0.2, -0.15) is 0 Å². The fourth-order valence-electron chi connectivity index (χ4n) is 0.718. The first kappa shape index (κ1) is 12.9. The Balaban J connectivity index is 0.000000791. The molecular weight excluding hydrogens is 198 g/mol. The summed E-state index contributed by atoms with van der Waals surface area (Å²) in [5, 5.41) is 0. The van der Waals surface area contributed by atoms with Crippen molar-refractivity contribution >= 4 is 15.7 Å². The van der Waals surface area contributed by atoms with Crippen molar-refractivity contribution in [1.82, 2.24) is 4.98 Å². The second-order valence-corrected chi connectivity index (χ2v) is 4.64. The van der Waals surface area contributed by atoms with Crippen molar-refractivity contribution < 1.29 is 4.21 Å². The van der Waals surface area contributed by atoms with Crippen molar-refractivity contribution in [3.05, 3.63) is 24.4 Å². The molecule has 1 rings (SSSR count). The van der Waals surface area contributed by atoms with E-state index in [2.05, 4.69) is 4.98 Å². The van der Waals surface area contributed by atoms with Gasteiger partial charge in [-0.15, -0.1) is 0 Å². The van der Waals surface area contributed by atoms with E-state index in [4.69, 9.17) is 4.78 Å². The molecule has 1 heterocycles. The molecular formula is C9H17N3OS. The van der Waals surface area contributed by atoms with Gasteiger partial charge in [0.05, 0.1) is 0 Å². The fraction of sp³-hybridized carbons (Fsp3) is 0.444. The Hall–Kier alpha value is -1.10. The number of pyridine rings is 1. The molecule has 1 atom stereocenters. The van der Waals surface area contributed by atoms with Gasteiger partial charge in [0.25, 0.3) is 0 Å². The average Bonchev–Trinajstić information content (AvgIpc) is 2.20. The topological polar surface area (TPSA) is 57.1 Å². The van der Waals surface area contributed by atoms with Crippen LogP contribution in [0.2, 0.25) is 0 Å². The van der Waals surface area contributed by atoms with Gasteiger partial charge in [0, 0.05) is 19.5 Å². The number of hydrogen-bond acceptors (Lipinski definition) is 3. The third kappa shape index (κ3) is 3.74. The quantitative estimate of drug-likeness (QED) is 0.821. The first-order valence-electron chi connectivity index (χ1n) is 4.40. The van der Waals surface area contributed by atoms with E-state index in [0.29, 0.717) is 5.82 Å². The lowest BCUT2D eigenvalue weighted by Gasteiger charge is -2.16. The predicted octanol–water partition coefficient (Wildman–Crippen LogP) is 2.14. The van der Waals surface area contributed by atoms with Crippen molar-refractivity contribution in [1.29, 1.82) is 4.78 Å². The number of aromatic nitrogens is 1. The van der Waals surface area contributed by atoms with Crippen molar-refractivity contribution in [2.45, 2.75) is 13.8 Å². The molecule has 1 aromatic heterocycles. The Kier molecular flexibility index (Phi) is 5.15.